The molecule has 0 bridgehead atoms. The lowest BCUT2D eigenvalue weighted by molar-refractivity contribution is -0.136. The van der Waals surface area contributed by atoms with Gasteiger partial charge in [0.15, 0.2) is 5.76 Å². The fourth-order valence-corrected chi connectivity index (χ4v) is 5.39. The van der Waals surface area contributed by atoms with Crippen LogP contribution in [0.2, 0.25) is 0 Å². The molecule has 1 N–H and O–H groups in total. The van der Waals surface area contributed by atoms with E-state index in [9.17, 15) is 19.2 Å². The van der Waals surface area contributed by atoms with Crippen LogP contribution in [0, 0.1) is 0 Å². The van der Waals surface area contributed by atoms with Gasteiger partial charge in [-0.1, -0.05) is 6.07 Å². The molecule has 0 spiro atoms. The van der Waals surface area contributed by atoms with E-state index in [0.29, 0.717) is 37.4 Å². The van der Waals surface area contributed by atoms with Crippen molar-refractivity contribution in [2.45, 2.75) is 32.0 Å². The van der Waals surface area contributed by atoms with E-state index in [2.05, 4.69) is 21.3 Å². The summed E-state index contributed by atoms with van der Waals surface area (Å²) in [5.74, 6) is -0.607. The Kier molecular flexibility index (Phi) is 6.24. The SMILES string of the molecule is O=C1CCC(N2Cc3cc(-c4cc(CN5CCN(C(=O)c6ccco6)CC5)ccn4)ccc3C2=O)C(=O)N1. The Balaban J connectivity index is 1.11. The summed E-state index contributed by atoms with van der Waals surface area (Å²) >= 11 is 0. The minimum atomic E-state index is -0.632. The Morgan fingerprint density at radius 3 is 2.66 bits per heavy atom. The fraction of sp³-hybridized carbons (Fsp3) is 0.321. The van der Waals surface area contributed by atoms with Crippen LogP contribution in [0.25, 0.3) is 11.3 Å². The maximum atomic E-state index is 13.0. The van der Waals surface area contributed by atoms with Crippen LogP contribution in [-0.2, 0) is 22.7 Å². The number of rotatable bonds is 5. The van der Waals surface area contributed by atoms with Crippen molar-refractivity contribution < 1.29 is 23.6 Å². The molecular weight excluding hydrogens is 486 g/mol. The number of piperidine rings is 1. The number of pyridine rings is 1. The summed E-state index contributed by atoms with van der Waals surface area (Å²) in [5, 5.41) is 2.34. The Morgan fingerprint density at radius 2 is 1.89 bits per heavy atom. The number of furan rings is 1. The number of imide groups is 1. The quantitative estimate of drug-likeness (QED) is 0.519. The van der Waals surface area contributed by atoms with Crippen LogP contribution in [0.15, 0.2) is 59.3 Å². The van der Waals surface area contributed by atoms with Gasteiger partial charge in [-0.15, -0.1) is 0 Å². The number of fused-ring (bicyclic) bond motifs is 1. The molecule has 5 heterocycles. The Labute approximate surface area is 219 Å². The van der Waals surface area contributed by atoms with Crippen molar-refractivity contribution >= 4 is 23.6 Å². The summed E-state index contributed by atoms with van der Waals surface area (Å²) in [6.45, 7) is 3.88. The van der Waals surface area contributed by atoms with Crippen molar-refractivity contribution in [3.8, 4) is 11.3 Å². The average molecular weight is 514 g/mol. The molecule has 1 unspecified atom stereocenters. The number of carbonyl (C=O) groups excluding carboxylic acids is 4. The first-order valence-electron chi connectivity index (χ1n) is 12.7. The number of nitrogens with zero attached hydrogens (tertiary/aromatic N) is 4. The molecule has 3 aliphatic rings. The molecule has 1 atom stereocenters. The van der Waals surface area contributed by atoms with E-state index in [1.165, 1.54) is 6.26 Å². The highest BCUT2D eigenvalue weighted by atomic mass is 16.3. The first kappa shape index (κ1) is 24.1. The predicted octanol–water partition coefficient (Wildman–Crippen LogP) is 2.06. The van der Waals surface area contributed by atoms with Crippen molar-refractivity contribution in [3.63, 3.8) is 0 Å². The van der Waals surface area contributed by atoms with Gasteiger partial charge in [-0.25, -0.2) is 0 Å². The van der Waals surface area contributed by atoms with Crippen LogP contribution < -0.4 is 5.32 Å². The van der Waals surface area contributed by atoms with Crippen molar-refractivity contribution in [2.75, 3.05) is 26.2 Å². The van der Waals surface area contributed by atoms with E-state index in [4.69, 9.17) is 4.42 Å². The predicted molar refractivity (Wildman–Crippen MR) is 136 cm³/mol. The Bertz CT molecular complexity index is 1410. The summed E-state index contributed by atoms with van der Waals surface area (Å²) < 4.78 is 5.24. The molecule has 2 fully saturated rings. The maximum Gasteiger partial charge on any atom is 0.289 e. The number of piperazine rings is 1. The third-order valence-corrected chi connectivity index (χ3v) is 7.44. The van der Waals surface area contributed by atoms with Gasteiger partial charge in [-0.3, -0.25) is 34.4 Å². The Morgan fingerprint density at radius 1 is 1.05 bits per heavy atom. The number of hydrogen-bond donors (Lipinski definition) is 1. The second-order valence-corrected chi connectivity index (χ2v) is 9.87. The molecular formula is C28H27N5O5. The molecule has 38 heavy (non-hydrogen) atoms. The number of benzene rings is 1. The third-order valence-electron chi connectivity index (χ3n) is 7.44. The van der Waals surface area contributed by atoms with Crippen LogP contribution in [-0.4, -0.2) is 75.5 Å². The standard InChI is InChI=1S/C28H27N5O5/c34-25-6-5-23(26(35)30-25)33-17-20-15-19(3-4-21(20)27(33)36)22-14-18(7-8-29-22)16-31-9-11-32(12-10-31)28(37)24-2-1-13-38-24/h1-4,7-8,13-15,23H,5-6,9-12,16-17H2,(H,30,34,35). The topological polar surface area (TPSA) is 116 Å². The summed E-state index contributed by atoms with van der Waals surface area (Å²) in [7, 11) is 0. The smallest absolute Gasteiger partial charge is 0.289 e. The number of amides is 4. The monoisotopic (exact) mass is 513 g/mol. The van der Waals surface area contributed by atoms with Gasteiger partial charge in [-0.05, 0) is 53.9 Å². The van der Waals surface area contributed by atoms with Crippen LogP contribution in [0.5, 0.6) is 0 Å². The van der Waals surface area contributed by atoms with Gasteiger partial charge in [0.1, 0.15) is 6.04 Å². The zero-order chi connectivity index (χ0) is 26.2. The number of hydrogen-bond acceptors (Lipinski definition) is 7. The van der Waals surface area contributed by atoms with Gasteiger partial charge < -0.3 is 14.2 Å². The summed E-state index contributed by atoms with van der Waals surface area (Å²) in [5.41, 5.74) is 4.25. The van der Waals surface area contributed by atoms with Crippen molar-refractivity contribution in [1.82, 2.24) is 25.0 Å². The zero-order valence-corrected chi connectivity index (χ0v) is 20.8. The van der Waals surface area contributed by atoms with E-state index in [0.717, 1.165) is 42.0 Å². The highest BCUT2D eigenvalue weighted by Crippen LogP contribution is 2.31. The van der Waals surface area contributed by atoms with Crippen LogP contribution >= 0.6 is 0 Å². The van der Waals surface area contributed by atoms with E-state index < -0.39 is 11.9 Å². The molecule has 2 aromatic heterocycles. The summed E-state index contributed by atoms with van der Waals surface area (Å²) in [6, 6.07) is 12.5. The molecule has 10 nitrogen and oxygen atoms in total. The van der Waals surface area contributed by atoms with Crippen LogP contribution in [0.4, 0.5) is 0 Å². The first-order chi connectivity index (χ1) is 18.5. The van der Waals surface area contributed by atoms with Crippen LogP contribution in [0.3, 0.4) is 0 Å². The fourth-order valence-electron chi connectivity index (χ4n) is 5.39. The molecule has 2 saturated heterocycles. The van der Waals surface area contributed by atoms with E-state index in [1.54, 1.807) is 29.3 Å². The number of nitrogens with one attached hydrogen (secondary N) is 1. The van der Waals surface area contributed by atoms with Gasteiger partial charge in [0.2, 0.25) is 11.8 Å². The minimum Gasteiger partial charge on any atom is -0.459 e. The molecule has 0 saturated carbocycles. The van der Waals surface area contributed by atoms with Crippen molar-refractivity contribution in [2.24, 2.45) is 0 Å². The third kappa shape index (κ3) is 4.58. The lowest BCUT2D eigenvalue weighted by atomic mass is 10.0. The van der Waals surface area contributed by atoms with Gasteiger partial charge in [0.25, 0.3) is 11.8 Å². The second-order valence-electron chi connectivity index (χ2n) is 9.87. The normalized spacial score (nSPS) is 20.0. The van der Waals surface area contributed by atoms with Gasteiger partial charge in [-0.2, -0.15) is 0 Å². The highest BCUT2D eigenvalue weighted by Gasteiger charge is 2.39. The number of carbonyl (C=O) groups is 4. The lowest BCUT2D eigenvalue weighted by Crippen LogP contribution is -2.52. The molecule has 4 amide bonds. The number of aromatic nitrogens is 1. The van der Waals surface area contributed by atoms with Gasteiger partial charge >= 0.3 is 0 Å². The molecule has 0 radical (unpaired) electrons. The molecule has 10 heteroatoms. The van der Waals surface area contributed by atoms with Crippen molar-refractivity contribution in [3.05, 3.63) is 77.4 Å². The van der Waals surface area contributed by atoms with Crippen LogP contribution in [0.1, 0.15) is 44.9 Å². The molecule has 3 aromatic rings. The van der Waals surface area contributed by atoms with Gasteiger partial charge in [0.05, 0.1) is 12.0 Å². The molecule has 0 aliphatic carbocycles. The van der Waals surface area contributed by atoms with E-state index >= 15 is 0 Å². The highest BCUT2D eigenvalue weighted by molar-refractivity contribution is 6.05. The molecule has 194 valence electrons. The molecule has 6 rings (SSSR count). The zero-order valence-electron chi connectivity index (χ0n) is 20.8. The second kappa shape index (κ2) is 9.86. The van der Waals surface area contributed by atoms with Gasteiger partial charge in [0, 0.05) is 63.0 Å². The summed E-state index contributed by atoms with van der Waals surface area (Å²) in [6.07, 6.45) is 3.87. The van der Waals surface area contributed by atoms with Crippen molar-refractivity contribution in [1.29, 1.82) is 0 Å². The Hall–Kier alpha value is -4.31. The molecule has 1 aromatic carbocycles. The minimum absolute atomic E-state index is 0.0768. The average Bonchev–Trinajstić information content (AvgIpc) is 3.57. The largest absolute Gasteiger partial charge is 0.459 e. The van der Waals surface area contributed by atoms with E-state index in [1.807, 2.05) is 23.1 Å². The van der Waals surface area contributed by atoms with E-state index in [-0.39, 0.29) is 24.1 Å². The lowest BCUT2D eigenvalue weighted by Gasteiger charge is -2.34. The summed E-state index contributed by atoms with van der Waals surface area (Å²) in [4.78, 5) is 59.6. The molecule has 3 aliphatic heterocycles. The first-order valence-corrected chi connectivity index (χ1v) is 12.7. The maximum absolute atomic E-state index is 13.0.